The lowest BCUT2D eigenvalue weighted by molar-refractivity contribution is 0.591. The third kappa shape index (κ3) is 2.83. The number of nitrogens with zero attached hydrogens (tertiary/aromatic N) is 1. The largest absolute Gasteiger partial charge is 0.423 e. The molecule has 0 aromatic carbocycles. The van der Waals surface area contributed by atoms with E-state index in [-0.39, 0.29) is 0 Å². The maximum atomic E-state index is 5.42. The molecule has 0 unspecified atom stereocenters. The number of hydrogen-bond donors (Lipinski definition) is 1. The molecule has 2 aromatic heterocycles. The highest BCUT2D eigenvalue weighted by molar-refractivity contribution is 7.13. The fourth-order valence-electron chi connectivity index (χ4n) is 1.06. The summed E-state index contributed by atoms with van der Waals surface area (Å²) < 4.78 is 5.42. The molecule has 0 bridgehead atoms. The molecule has 2 rings (SSSR count). The average molecular weight is 224 g/mol. The standard InChI is InChI=1S/C9H10N2OS.C2H6/c1-6-3-8(13-5-6)7-4-11-9(10-2)12-7;1-2/h3-5H,1-2H3,(H,10,11);1-2H3. The quantitative estimate of drug-likeness (QED) is 0.843. The van der Waals surface area contributed by atoms with Gasteiger partial charge < -0.3 is 9.73 Å². The number of anilines is 1. The third-order valence-electron chi connectivity index (χ3n) is 1.69. The molecule has 0 amide bonds. The summed E-state index contributed by atoms with van der Waals surface area (Å²) in [5.41, 5.74) is 1.25. The molecule has 0 spiro atoms. The highest BCUT2D eigenvalue weighted by Crippen LogP contribution is 2.28. The Hall–Kier alpha value is -1.29. The van der Waals surface area contributed by atoms with E-state index in [1.165, 1.54) is 5.56 Å². The van der Waals surface area contributed by atoms with Crippen molar-refractivity contribution in [2.24, 2.45) is 0 Å². The Morgan fingerprint density at radius 3 is 2.60 bits per heavy atom. The molecule has 1 N–H and O–H groups in total. The lowest BCUT2D eigenvalue weighted by Gasteiger charge is -1.89. The van der Waals surface area contributed by atoms with E-state index >= 15 is 0 Å². The Balaban J connectivity index is 0.000000531. The number of hydrogen-bond acceptors (Lipinski definition) is 4. The first kappa shape index (κ1) is 11.8. The molecule has 15 heavy (non-hydrogen) atoms. The Kier molecular flexibility index (Phi) is 4.37. The summed E-state index contributed by atoms with van der Waals surface area (Å²) in [6, 6.07) is 2.64. The van der Waals surface area contributed by atoms with Gasteiger partial charge >= 0.3 is 0 Å². The summed E-state index contributed by atoms with van der Waals surface area (Å²) in [7, 11) is 1.79. The lowest BCUT2D eigenvalue weighted by atomic mass is 10.3. The minimum Gasteiger partial charge on any atom is -0.423 e. The van der Waals surface area contributed by atoms with Crippen molar-refractivity contribution in [3.05, 3.63) is 23.2 Å². The second-order valence-corrected chi connectivity index (χ2v) is 3.68. The average Bonchev–Trinajstić information content (AvgIpc) is 2.88. The van der Waals surface area contributed by atoms with Gasteiger partial charge in [0.2, 0.25) is 0 Å². The molecule has 0 radical (unpaired) electrons. The van der Waals surface area contributed by atoms with Gasteiger partial charge in [-0.1, -0.05) is 13.8 Å². The predicted molar refractivity (Wildman–Crippen MR) is 65.4 cm³/mol. The van der Waals surface area contributed by atoms with Gasteiger partial charge in [-0.25, -0.2) is 4.98 Å². The number of oxazole rings is 1. The van der Waals surface area contributed by atoms with Crippen LogP contribution in [0.4, 0.5) is 6.01 Å². The van der Waals surface area contributed by atoms with Crippen LogP contribution in [0.1, 0.15) is 19.4 Å². The van der Waals surface area contributed by atoms with Crippen molar-refractivity contribution < 1.29 is 4.42 Å². The van der Waals surface area contributed by atoms with Crippen LogP contribution in [0.15, 0.2) is 22.1 Å². The second kappa shape index (κ2) is 5.56. The zero-order chi connectivity index (χ0) is 11.3. The molecule has 2 heterocycles. The summed E-state index contributed by atoms with van der Waals surface area (Å²) in [6.45, 7) is 6.06. The highest BCUT2D eigenvalue weighted by Gasteiger charge is 2.06. The third-order valence-corrected chi connectivity index (χ3v) is 2.76. The zero-order valence-electron chi connectivity index (χ0n) is 9.50. The minimum absolute atomic E-state index is 0.557. The smallest absolute Gasteiger partial charge is 0.294 e. The monoisotopic (exact) mass is 224 g/mol. The van der Waals surface area contributed by atoms with Crippen LogP contribution in [0.25, 0.3) is 10.6 Å². The molecule has 0 fully saturated rings. The molecule has 0 saturated carbocycles. The van der Waals surface area contributed by atoms with Gasteiger partial charge in [0, 0.05) is 7.05 Å². The van der Waals surface area contributed by atoms with Crippen molar-refractivity contribution in [3.8, 4) is 10.6 Å². The Bertz CT molecular complexity index is 406. The van der Waals surface area contributed by atoms with Crippen molar-refractivity contribution in [2.45, 2.75) is 20.8 Å². The second-order valence-electron chi connectivity index (χ2n) is 2.77. The lowest BCUT2D eigenvalue weighted by Crippen LogP contribution is -1.84. The maximum absolute atomic E-state index is 5.42. The van der Waals surface area contributed by atoms with Crippen LogP contribution in [0, 0.1) is 6.92 Å². The van der Waals surface area contributed by atoms with E-state index in [2.05, 4.69) is 28.7 Å². The summed E-state index contributed by atoms with van der Waals surface area (Å²) in [6.07, 6.45) is 1.73. The van der Waals surface area contributed by atoms with E-state index in [4.69, 9.17) is 4.42 Å². The molecule has 0 atom stereocenters. The zero-order valence-corrected chi connectivity index (χ0v) is 10.3. The number of thiophene rings is 1. The van der Waals surface area contributed by atoms with Gasteiger partial charge in [-0.2, -0.15) is 0 Å². The van der Waals surface area contributed by atoms with Crippen LogP contribution in [0.3, 0.4) is 0 Å². The van der Waals surface area contributed by atoms with Gasteiger partial charge in [0.15, 0.2) is 5.76 Å². The molecule has 0 aliphatic heterocycles. The maximum Gasteiger partial charge on any atom is 0.294 e. The summed E-state index contributed by atoms with van der Waals surface area (Å²) >= 11 is 1.66. The molecule has 2 aromatic rings. The van der Waals surface area contributed by atoms with Gasteiger partial charge in [-0.05, 0) is 23.9 Å². The Morgan fingerprint density at radius 1 is 1.40 bits per heavy atom. The van der Waals surface area contributed by atoms with Crippen LogP contribution in [0.5, 0.6) is 0 Å². The number of aryl methyl sites for hydroxylation is 1. The molecule has 3 nitrogen and oxygen atoms in total. The van der Waals surface area contributed by atoms with Crippen molar-refractivity contribution in [2.75, 3.05) is 12.4 Å². The first-order valence-corrected chi connectivity index (χ1v) is 5.86. The summed E-state index contributed by atoms with van der Waals surface area (Å²) in [4.78, 5) is 5.17. The normalized spacial score (nSPS) is 9.33. The molecule has 0 saturated heterocycles. The van der Waals surface area contributed by atoms with Crippen LogP contribution >= 0.6 is 11.3 Å². The summed E-state index contributed by atoms with van der Waals surface area (Å²) in [5, 5.41) is 4.94. The molecule has 0 aliphatic rings. The molecular formula is C11H16N2OS. The SMILES string of the molecule is CC.CNc1ncc(-c2cc(C)cs2)o1. The number of rotatable bonds is 2. The topological polar surface area (TPSA) is 38.1 Å². The fraction of sp³-hybridized carbons (Fsp3) is 0.364. The van der Waals surface area contributed by atoms with E-state index in [0.29, 0.717) is 6.01 Å². The Labute approximate surface area is 94.2 Å². The molecule has 4 heteroatoms. The Morgan fingerprint density at radius 2 is 2.13 bits per heavy atom. The molecule has 82 valence electrons. The van der Waals surface area contributed by atoms with E-state index in [9.17, 15) is 0 Å². The van der Waals surface area contributed by atoms with Crippen molar-refractivity contribution in [1.82, 2.24) is 4.98 Å². The highest BCUT2D eigenvalue weighted by atomic mass is 32.1. The first-order chi connectivity index (χ1) is 7.29. The number of aromatic nitrogens is 1. The van der Waals surface area contributed by atoms with Crippen LogP contribution in [-0.4, -0.2) is 12.0 Å². The fourth-order valence-corrected chi connectivity index (χ4v) is 1.91. The van der Waals surface area contributed by atoms with Crippen molar-refractivity contribution >= 4 is 17.4 Å². The minimum atomic E-state index is 0.557. The van der Waals surface area contributed by atoms with Gasteiger partial charge in [-0.3, -0.25) is 0 Å². The first-order valence-electron chi connectivity index (χ1n) is 4.98. The van der Waals surface area contributed by atoms with E-state index in [1.54, 1.807) is 24.6 Å². The van der Waals surface area contributed by atoms with Gasteiger partial charge in [-0.15, -0.1) is 11.3 Å². The van der Waals surface area contributed by atoms with Crippen molar-refractivity contribution in [3.63, 3.8) is 0 Å². The van der Waals surface area contributed by atoms with Crippen LogP contribution in [0.2, 0.25) is 0 Å². The van der Waals surface area contributed by atoms with E-state index in [1.807, 2.05) is 13.8 Å². The van der Waals surface area contributed by atoms with E-state index < -0.39 is 0 Å². The van der Waals surface area contributed by atoms with Gasteiger partial charge in [0.05, 0.1) is 11.1 Å². The van der Waals surface area contributed by atoms with E-state index in [0.717, 1.165) is 10.6 Å². The molecule has 0 aliphatic carbocycles. The van der Waals surface area contributed by atoms with Crippen LogP contribution < -0.4 is 5.32 Å². The molecular weight excluding hydrogens is 208 g/mol. The van der Waals surface area contributed by atoms with Gasteiger partial charge in [0.1, 0.15) is 0 Å². The predicted octanol–water partition coefficient (Wildman–Crippen LogP) is 3.78. The van der Waals surface area contributed by atoms with Crippen molar-refractivity contribution in [1.29, 1.82) is 0 Å². The van der Waals surface area contributed by atoms with Crippen LogP contribution in [-0.2, 0) is 0 Å². The van der Waals surface area contributed by atoms with Gasteiger partial charge in [0.25, 0.3) is 6.01 Å². The number of nitrogens with one attached hydrogen (secondary N) is 1. The summed E-state index contributed by atoms with van der Waals surface area (Å²) in [5.74, 6) is 0.822.